The van der Waals surface area contributed by atoms with Crippen LogP contribution in [0.1, 0.15) is 28.4 Å². The van der Waals surface area contributed by atoms with Gasteiger partial charge in [0.1, 0.15) is 12.6 Å². The Labute approximate surface area is 218 Å². The number of carbonyl (C=O) groups is 3. The molecule has 0 saturated carbocycles. The van der Waals surface area contributed by atoms with E-state index in [2.05, 4.69) is 5.32 Å². The summed E-state index contributed by atoms with van der Waals surface area (Å²) in [5, 5.41) is 2.64. The third-order valence-electron chi connectivity index (χ3n) is 5.93. The zero-order valence-electron chi connectivity index (χ0n) is 21.1. The predicted octanol–water partition coefficient (Wildman–Crippen LogP) is 3.04. The van der Waals surface area contributed by atoms with Crippen molar-refractivity contribution in [2.45, 2.75) is 25.9 Å². The Kier molecular flexibility index (Phi) is 9.19. The van der Waals surface area contributed by atoms with E-state index in [1.54, 1.807) is 12.1 Å². The first-order valence-corrected chi connectivity index (χ1v) is 13.6. The van der Waals surface area contributed by atoms with E-state index in [9.17, 15) is 22.8 Å². The molecule has 0 aliphatic heterocycles. The zero-order chi connectivity index (χ0) is 27.0. The van der Waals surface area contributed by atoms with E-state index >= 15 is 0 Å². The van der Waals surface area contributed by atoms with Gasteiger partial charge in [0.2, 0.25) is 21.8 Å². The Morgan fingerprint density at radius 3 is 2.00 bits per heavy atom. The number of sulfonamides is 1. The second kappa shape index (κ2) is 12.3. The summed E-state index contributed by atoms with van der Waals surface area (Å²) in [6.07, 6.45) is 1.25. The molecule has 3 aromatic carbocycles. The van der Waals surface area contributed by atoms with Crippen LogP contribution in [0.5, 0.6) is 0 Å². The molecule has 0 radical (unpaired) electrons. The lowest BCUT2D eigenvalue weighted by molar-refractivity contribution is -0.139. The molecular formula is C28H31N3O5S. The quantitative estimate of drug-likeness (QED) is 0.391. The summed E-state index contributed by atoms with van der Waals surface area (Å²) in [5.74, 6) is -1.14. The average molecular weight is 522 g/mol. The fourth-order valence-corrected chi connectivity index (χ4v) is 4.84. The van der Waals surface area contributed by atoms with E-state index in [1.807, 2.05) is 60.7 Å². The summed E-state index contributed by atoms with van der Waals surface area (Å²) >= 11 is 0. The number of amides is 2. The van der Waals surface area contributed by atoms with Crippen LogP contribution in [0.15, 0.2) is 84.9 Å². The maximum atomic E-state index is 13.8. The third-order valence-corrected chi connectivity index (χ3v) is 7.07. The summed E-state index contributed by atoms with van der Waals surface area (Å²) in [6.45, 7) is 0.958. The first kappa shape index (κ1) is 27.6. The first-order chi connectivity index (χ1) is 17.6. The molecule has 0 fully saturated rings. The monoisotopic (exact) mass is 521 g/mol. The van der Waals surface area contributed by atoms with Gasteiger partial charge in [0, 0.05) is 25.6 Å². The largest absolute Gasteiger partial charge is 0.357 e. The molecule has 2 amide bonds. The maximum Gasteiger partial charge on any atom is 0.244 e. The van der Waals surface area contributed by atoms with Gasteiger partial charge in [-0.3, -0.25) is 18.7 Å². The molecule has 0 aliphatic carbocycles. The highest BCUT2D eigenvalue weighted by Crippen LogP contribution is 2.21. The van der Waals surface area contributed by atoms with Crippen LogP contribution in [0.3, 0.4) is 0 Å². The van der Waals surface area contributed by atoms with Crippen molar-refractivity contribution in [1.29, 1.82) is 0 Å². The Balaban J connectivity index is 2.02. The molecule has 1 atom stereocenters. The van der Waals surface area contributed by atoms with Gasteiger partial charge in [-0.25, -0.2) is 8.42 Å². The van der Waals surface area contributed by atoms with Crippen molar-refractivity contribution in [3.05, 3.63) is 102 Å². The Hall–Kier alpha value is -3.98. The number of hydrogen-bond donors (Lipinski definition) is 1. The van der Waals surface area contributed by atoms with Crippen LogP contribution in [-0.2, 0) is 32.6 Å². The van der Waals surface area contributed by atoms with E-state index in [4.69, 9.17) is 0 Å². The fraction of sp³-hybridized carbons (Fsp3) is 0.250. The van der Waals surface area contributed by atoms with Gasteiger partial charge in [0.05, 0.1) is 11.9 Å². The van der Waals surface area contributed by atoms with Gasteiger partial charge < -0.3 is 10.2 Å². The topological polar surface area (TPSA) is 104 Å². The van der Waals surface area contributed by atoms with Gasteiger partial charge in [0.15, 0.2) is 5.78 Å². The summed E-state index contributed by atoms with van der Waals surface area (Å²) in [6, 6.07) is 23.8. The van der Waals surface area contributed by atoms with Crippen LogP contribution >= 0.6 is 0 Å². The van der Waals surface area contributed by atoms with E-state index < -0.39 is 28.5 Å². The summed E-state index contributed by atoms with van der Waals surface area (Å²) in [7, 11) is -2.40. The number of likely N-dealkylation sites (N-methyl/N-ethyl adjacent to an activating group) is 1. The molecule has 0 aliphatic rings. The van der Waals surface area contributed by atoms with Crippen molar-refractivity contribution in [2.75, 3.05) is 24.2 Å². The number of ketones is 1. The summed E-state index contributed by atoms with van der Waals surface area (Å²) < 4.78 is 26.5. The molecule has 8 nitrogen and oxygen atoms in total. The van der Waals surface area contributed by atoms with Crippen molar-refractivity contribution in [3.63, 3.8) is 0 Å². The zero-order valence-corrected chi connectivity index (χ0v) is 21.9. The predicted molar refractivity (Wildman–Crippen MR) is 144 cm³/mol. The van der Waals surface area contributed by atoms with Crippen LogP contribution in [0.25, 0.3) is 0 Å². The number of hydrogen-bond acceptors (Lipinski definition) is 5. The molecule has 0 saturated heterocycles. The minimum absolute atomic E-state index is 0.107. The molecule has 194 valence electrons. The molecule has 37 heavy (non-hydrogen) atoms. The maximum absolute atomic E-state index is 13.8. The van der Waals surface area contributed by atoms with Gasteiger partial charge in [-0.2, -0.15) is 0 Å². The normalized spacial score (nSPS) is 11.9. The highest BCUT2D eigenvalue weighted by atomic mass is 32.2. The van der Waals surface area contributed by atoms with E-state index in [-0.39, 0.29) is 30.3 Å². The van der Waals surface area contributed by atoms with Crippen LogP contribution in [0.4, 0.5) is 5.69 Å². The molecule has 0 heterocycles. The molecule has 3 aromatic rings. The number of anilines is 1. The Morgan fingerprint density at radius 1 is 0.865 bits per heavy atom. The van der Waals surface area contributed by atoms with Crippen molar-refractivity contribution >= 4 is 33.3 Å². The number of nitrogens with one attached hydrogen (secondary N) is 1. The number of benzene rings is 3. The number of Topliss-reactive ketones (excluding diaryl/α,β-unsaturated/α-hetero) is 1. The average Bonchev–Trinajstić information content (AvgIpc) is 2.89. The highest BCUT2D eigenvalue weighted by molar-refractivity contribution is 7.92. The molecular weight excluding hydrogens is 490 g/mol. The Morgan fingerprint density at radius 2 is 1.46 bits per heavy atom. The Bertz CT molecular complexity index is 1340. The van der Waals surface area contributed by atoms with Crippen LogP contribution in [-0.4, -0.2) is 56.8 Å². The second-order valence-electron chi connectivity index (χ2n) is 8.70. The number of rotatable bonds is 11. The molecule has 0 bridgehead atoms. The first-order valence-electron chi connectivity index (χ1n) is 11.8. The minimum Gasteiger partial charge on any atom is -0.357 e. The van der Waals surface area contributed by atoms with Crippen LogP contribution < -0.4 is 9.62 Å². The van der Waals surface area contributed by atoms with Crippen LogP contribution in [0, 0.1) is 0 Å². The minimum atomic E-state index is -3.90. The summed E-state index contributed by atoms with van der Waals surface area (Å²) in [5.41, 5.74) is 2.17. The van der Waals surface area contributed by atoms with Gasteiger partial charge in [-0.15, -0.1) is 0 Å². The highest BCUT2D eigenvalue weighted by Gasteiger charge is 2.32. The van der Waals surface area contributed by atoms with E-state index in [1.165, 1.54) is 31.0 Å². The van der Waals surface area contributed by atoms with Gasteiger partial charge >= 0.3 is 0 Å². The standard InChI is InChI=1S/C28H31N3O5S/c1-21(32)24-15-10-16-25(18-24)31(37(3,35)36)20-27(33)30(19-23-13-8-5-9-14-23)26(28(34)29-2)17-22-11-6-4-7-12-22/h4-16,18,26H,17,19-20H2,1-3H3,(H,29,34)/t26-/m1/s1. The van der Waals surface area contributed by atoms with Gasteiger partial charge in [0.25, 0.3) is 0 Å². The molecule has 9 heteroatoms. The summed E-state index contributed by atoms with van der Waals surface area (Å²) in [4.78, 5) is 40.2. The molecule has 3 rings (SSSR count). The smallest absolute Gasteiger partial charge is 0.244 e. The molecule has 0 unspecified atom stereocenters. The lowest BCUT2D eigenvalue weighted by Crippen LogP contribution is -2.52. The number of nitrogens with zero attached hydrogens (tertiary/aromatic N) is 2. The molecule has 0 spiro atoms. The van der Waals surface area contributed by atoms with Crippen molar-refractivity contribution in [3.8, 4) is 0 Å². The molecule has 0 aromatic heterocycles. The van der Waals surface area contributed by atoms with E-state index in [0.717, 1.165) is 21.7 Å². The van der Waals surface area contributed by atoms with Crippen LogP contribution in [0.2, 0.25) is 0 Å². The SMILES string of the molecule is CNC(=O)[C@@H](Cc1ccccc1)N(Cc1ccccc1)C(=O)CN(c1cccc(C(C)=O)c1)S(C)(=O)=O. The third kappa shape index (κ3) is 7.50. The van der Waals surface area contributed by atoms with Gasteiger partial charge in [-0.05, 0) is 30.2 Å². The molecule has 1 N–H and O–H groups in total. The lowest BCUT2D eigenvalue weighted by Gasteiger charge is -2.33. The lowest BCUT2D eigenvalue weighted by atomic mass is 10.0. The van der Waals surface area contributed by atoms with Crippen molar-refractivity contribution in [1.82, 2.24) is 10.2 Å². The second-order valence-corrected chi connectivity index (χ2v) is 10.6. The fourth-order valence-electron chi connectivity index (χ4n) is 3.99. The van der Waals surface area contributed by atoms with Crippen molar-refractivity contribution < 1.29 is 22.8 Å². The van der Waals surface area contributed by atoms with Crippen molar-refractivity contribution in [2.24, 2.45) is 0 Å². The number of carbonyl (C=O) groups excluding carboxylic acids is 3. The van der Waals surface area contributed by atoms with Gasteiger partial charge in [-0.1, -0.05) is 72.8 Å². The van der Waals surface area contributed by atoms with E-state index in [0.29, 0.717) is 5.56 Å².